The maximum absolute atomic E-state index is 13.8. The van der Waals surface area contributed by atoms with Crippen LogP contribution in [-0.4, -0.2) is 84.6 Å². The monoisotopic (exact) mass is 625 g/mol. The Morgan fingerprint density at radius 3 is 2.57 bits per heavy atom. The predicted octanol–water partition coefficient (Wildman–Crippen LogP) is 0.952. The zero-order chi connectivity index (χ0) is 31.8. The van der Waals surface area contributed by atoms with Gasteiger partial charge in [-0.05, 0) is 61.9 Å². The third-order valence-electron chi connectivity index (χ3n) is 8.23. The Labute approximate surface area is 255 Å². The molecule has 0 radical (unpaired) electrons. The second kappa shape index (κ2) is 11.9. The van der Waals surface area contributed by atoms with Crippen molar-refractivity contribution in [2.24, 2.45) is 5.92 Å². The number of hydrogen-bond donors (Lipinski definition) is 3. The highest BCUT2D eigenvalue weighted by Crippen LogP contribution is 2.45. The van der Waals surface area contributed by atoms with Crippen LogP contribution >= 0.6 is 0 Å². The molecule has 2 saturated carbocycles. The molecule has 0 bridgehead atoms. The second-order valence-corrected chi connectivity index (χ2v) is 13.3. The third kappa shape index (κ3) is 6.11. The van der Waals surface area contributed by atoms with Crippen LogP contribution in [0.15, 0.2) is 55.8 Å². The number of fused-ring (bicyclic) bond motifs is 1. The maximum atomic E-state index is 13.8. The van der Waals surface area contributed by atoms with Crippen molar-refractivity contribution in [3.05, 3.63) is 55.8 Å². The van der Waals surface area contributed by atoms with Crippen LogP contribution in [0.5, 0.6) is 11.6 Å². The number of nitrogens with zero attached hydrogens (tertiary/aromatic N) is 2. The van der Waals surface area contributed by atoms with Gasteiger partial charge in [0.25, 0.3) is 5.91 Å². The number of benzene rings is 1. The summed E-state index contributed by atoms with van der Waals surface area (Å²) in [6.07, 6.45) is 4.56. The van der Waals surface area contributed by atoms with E-state index in [0.717, 1.165) is 11.5 Å². The summed E-state index contributed by atoms with van der Waals surface area (Å²) >= 11 is 0. The SMILES string of the molecule is C=CC(=O)N[C@H](C)C(=O)N1C[C@H](Oc2nccc3cc(OC)ccc23)C[C@H]1C(=O)N[C@]1(C(=O)NS(=O)(=O)C2CC2)CC1C=C. The van der Waals surface area contributed by atoms with E-state index >= 15 is 0 Å². The predicted molar refractivity (Wildman–Crippen MR) is 160 cm³/mol. The molecule has 5 rings (SSSR count). The summed E-state index contributed by atoms with van der Waals surface area (Å²) in [4.78, 5) is 58.1. The highest BCUT2D eigenvalue weighted by Gasteiger charge is 2.62. The Hall–Kier alpha value is -4.46. The van der Waals surface area contributed by atoms with E-state index in [1.165, 1.54) is 17.9 Å². The molecule has 13 nitrogen and oxygen atoms in total. The Bertz CT molecular complexity index is 1640. The number of pyridine rings is 1. The van der Waals surface area contributed by atoms with Crippen molar-refractivity contribution in [2.75, 3.05) is 13.7 Å². The quantitative estimate of drug-likeness (QED) is 0.229. The van der Waals surface area contributed by atoms with Gasteiger partial charge in [0, 0.05) is 23.9 Å². The van der Waals surface area contributed by atoms with Crippen LogP contribution < -0.4 is 24.8 Å². The first-order valence-corrected chi connectivity index (χ1v) is 15.8. The van der Waals surface area contributed by atoms with Crippen molar-refractivity contribution in [3.63, 3.8) is 0 Å². The van der Waals surface area contributed by atoms with E-state index in [1.807, 2.05) is 6.07 Å². The summed E-state index contributed by atoms with van der Waals surface area (Å²) < 4.78 is 38.6. The van der Waals surface area contributed by atoms with E-state index in [4.69, 9.17) is 9.47 Å². The number of carbonyl (C=O) groups excluding carboxylic acids is 4. The minimum absolute atomic E-state index is 0.0143. The molecule has 3 aliphatic rings. The van der Waals surface area contributed by atoms with Gasteiger partial charge in [0.2, 0.25) is 33.6 Å². The molecule has 1 aromatic carbocycles. The van der Waals surface area contributed by atoms with Gasteiger partial charge in [-0.15, -0.1) is 6.58 Å². The molecule has 2 aromatic rings. The van der Waals surface area contributed by atoms with E-state index < -0.39 is 68.5 Å². The first kappa shape index (κ1) is 31.0. The van der Waals surface area contributed by atoms with Crippen molar-refractivity contribution in [3.8, 4) is 11.6 Å². The molecular weight excluding hydrogens is 590 g/mol. The molecule has 1 unspecified atom stereocenters. The molecule has 3 fully saturated rings. The number of sulfonamides is 1. The largest absolute Gasteiger partial charge is 0.497 e. The van der Waals surface area contributed by atoms with Gasteiger partial charge < -0.3 is 25.0 Å². The van der Waals surface area contributed by atoms with Crippen LogP contribution in [0.1, 0.15) is 32.6 Å². The molecule has 2 aliphatic carbocycles. The highest BCUT2D eigenvalue weighted by molar-refractivity contribution is 7.91. The van der Waals surface area contributed by atoms with Crippen molar-refractivity contribution < 1.29 is 37.1 Å². The van der Waals surface area contributed by atoms with Gasteiger partial charge in [0.15, 0.2) is 0 Å². The Morgan fingerprint density at radius 2 is 1.93 bits per heavy atom. The lowest BCUT2D eigenvalue weighted by Gasteiger charge is -2.28. The lowest BCUT2D eigenvalue weighted by atomic mass is 10.1. The van der Waals surface area contributed by atoms with Crippen LogP contribution in [0.2, 0.25) is 0 Å². The Morgan fingerprint density at radius 1 is 1.18 bits per heavy atom. The van der Waals surface area contributed by atoms with Gasteiger partial charge in [0.05, 0.1) is 18.9 Å². The number of rotatable bonds is 12. The lowest BCUT2D eigenvalue weighted by molar-refractivity contribution is -0.141. The van der Waals surface area contributed by atoms with Crippen molar-refractivity contribution in [1.82, 2.24) is 25.2 Å². The number of hydrogen-bond acceptors (Lipinski definition) is 9. The molecule has 3 N–H and O–H groups in total. The van der Waals surface area contributed by atoms with E-state index in [2.05, 4.69) is 33.5 Å². The van der Waals surface area contributed by atoms with Gasteiger partial charge in [-0.3, -0.25) is 23.9 Å². The summed E-state index contributed by atoms with van der Waals surface area (Å²) in [5.41, 5.74) is -1.52. The number of likely N-dealkylation sites (tertiary alicyclic amines) is 1. The summed E-state index contributed by atoms with van der Waals surface area (Å²) in [6, 6.07) is 5.10. The number of carbonyl (C=O) groups is 4. The lowest BCUT2D eigenvalue weighted by Crippen LogP contribution is -2.58. The molecule has 1 aromatic heterocycles. The number of nitrogens with one attached hydrogen (secondary N) is 3. The number of methoxy groups -OCH3 is 1. The van der Waals surface area contributed by atoms with Gasteiger partial charge >= 0.3 is 0 Å². The van der Waals surface area contributed by atoms with Gasteiger partial charge in [-0.25, -0.2) is 13.4 Å². The molecule has 1 aliphatic heterocycles. The molecule has 2 heterocycles. The van der Waals surface area contributed by atoms with Gasteiger partial charge in [-0.1, -0.05) is 12.7 Å². The fourth-order valence-corrected chi connectivity index (χ4v) is 6.85. The molecule has 0 spiro atoms. The molecule has 1 saturated heterocycles. The Kier molecular flexibility index (Phi) is 8.38. The van der Waals surface area contributed by atoms with Crippen molar-refractivity contribution in [2.45, 2.75) is 61.6 Å². The van der Waals surface area contributed by atoms with Gasteiger partial charge in [0.1, 0.15) is 29.5 Å². The fraction of sp³-hybridized carbons (Fsp3) is 0.433. The summed E-state index contributed by atoms with van der Waals surface area (Å²) in [6.45, 7) is 8.59. The standard InChI is InChI=1S/C30H35N5O8S/c1-5-19-15-30(19,29(39)34-44(40,41)22-8-9-22)33-26(37)24-14-21(16-35(24)28(38)17(3)32-25(36)6-2)43-27-23-10-7-20(42-4)13-18(23)11-12-31-27/h5-7,10-13,17,19,21-22,24H,1-2,8-9,14-16H2,3-4H3,(H,32,36)(H,33,37)(H,34,39)/t17-,19?,21-,24+,30-/m1/s1. The minimum Gasteiger partial charge on any atom is -0.497 e. The highest BCUT2D eigenvalue weighted by atomic mass is 32.2. The van der Waals surface area contributed by atoms with E-state index in [0.29, 0.717) is 29.9 Å². The zero-order valence-electron chi connectivity index (χ0n) is 24.4. The third-order valence-corrected chi connectivity index (χ3v) is 10.0. The van der Waals surface area contributed by atoms with Crippen LogP contribution in [-0.2, 0) is 29.2 Å². The van der Waals surface area contributed by atoms with Gasteiger partial charge in [-0.2, -0.15) is 0 Å². The molecule has 14 heteroatoms. The summed E-state index contributed by atoms with van der Waals surface area (Å²) in [5, 5.41) is 6.12. The fourth-order valence-electron chi connectivity index (χ4n) is 5.48. The van der Waals surface area contributed by atoms with Crippen LogP contribution in [0.25, 0.3) is 10.8 Å². The normalized spacial score (nSPS) is 25.0. The molecule has 44 heavy (non-hydrogen) atoms. The average Bonchev–Trinajstić information content (AvgIpc) is 3.93. The van der Waals surface area contributed by atoms with Crippen molar-refractivity contribution >= 4 is 44.4 Å². The first-order chi connectivity index (χ1) is 20.9. The Balaban J connectivity index is 1.39. The zero-order valence-corrected chi connectivity index (χ0v) is 25.3. The topological polar surface area (TPSA) is 173 Å². The molecule has 234 valence electrons. The molecule has 4 amide bonds. The average molecular weight is 626 g/mol. The van der Waals surface area contributed by atoms with Crippen LogP contribution in [0.3, 0.4) is 0 Å². The number of amides is 4. The van der Waals surface area contributed by atoms with E-state index in [1.54, 1.807) is 31.5 Å². The number of ether oxygens (including phenoxy) is 2. The van der Waals surface area contributed by atoms with Crippen LogP contribution in [0.4, 0.5) is 0 Å². The maximum Gasteiger partial charge on any atom is 0.259 e. The first-order valence-electron chi connectivity index (χ1n) is 14.3. The van der Waals surface area contributed by atoms with E-state index in [9.17, 15) is 27.6 Å². The van der Waals surface area contributed by atoms with Crippen LogP contribution in [0, 0.1) is 5.92 Å². The second-order valence-electron chi connectivity index (χ2n) is 11.3. The minimum atomic E-state index is -3.86. The molecular formula is C30H35N5O8S. The van der Waals surface area contributed by atoms with Crippen molar-refractivity contribution in [1.29, 1.82) is 0 Å². The van der Waals surface area contributed by atoms with E-state index in [-0.39, 0.29) is 19.4 Å². The molecule has 5 atom stereocenters. The number of aromatic nitrogens is 1. The summed E-state index contributed by atoms with van der Waals surface area (Å²) in [7, 11) is -2.30. The summed E-state index contributed by atoms with van der Waals surface area (Å²) in [5.74, 6) is -2.16. The smallest absolute Gasteiger partial charge is 0.259 e.